The average molecular weight is 197 g/mol. The van der Waals surface area contributed by atoms with E-state index in [2.05, 4.69) is 22.5 Å². The van der Waals surface area contributed by atoms with Crippen LogP contribution in [0, 0.1) is 6.92 Å². The van der Waals surface area contributed by atoms with Crippen molar-refractivity contribution >= 4 is 22.5 Å². The second kappa shape index (κ2) is 4.99. The summed E-state index contributed by atoms with van der Waals surface area (Å²) in [5, 5.41) is 3.73. The van der Waals surface area contributed by atoms with Gasteiger partial charge in [-0.3, -0.25) is 0 Å². The fourth-order valence-corrected chi connectivity index (χ4v) is 1.77. The molecule has 1 rings (SSSR count). The Morgan fingerprint density at radius 2 is 2.38 bits per heavy atom. The van der Waals surface area contributed by atoms with E-state index in [9.17, 15) is 0 Å². The number of thiazole rings is 1. The second-order valence-electron chi connectivity index (χ2n) is 2.80. The summed E-state index contributed by atoms with van der Waals surface area (Å²) >= 11 is 1.53. The molecule has 4 heteroatoms. The summed E-state index contributed by atoms with van der Waals surface area (Å²) in [6.45, 7) is 2.98. The van der Waals surface area contributed by atoms with Gasteiger partial charge in [0.25, 0.3) is 0 Å². The third kappa shape index (κ3) is 3.16. The molecule has 1 aromatic heterocycles. The first kappa shape index (κ1) is 10.2. The number of anilines is 1. The molecule has 0 aliphatic heterocycles. The minimum Gasteiger partial charge on any atom is -0.375 e. The van der Waals surface area contributed by atoms with E-state index in [0.717, 1.165) is 23.5 Å². The van der Waals surface area contributed by atoms with E-state index < -0.39 is 0 Å². The number of nitrogen functional groups attached to an aromatic ring is 1. The molecule has 72 valence electrons. The highest BCUT2D eigenvalue weighted by Crippen LogP contribution is 2.20. The molecule has 3 N–H and O–H groups in total. The number of nitrogens with two attached hydrogens (primary N) is 1. The lowest BCUT2D eigenvalue weighted by atomic mass is 10.3. The summed E-state index contributed by atoms with van der Waals surface area (Å²) < 4.78 is 0. The van der Waals surface area contributed by atoms with E-state index in [1.54, 1.807) is 0 Å². The van der Waals surface area contributed by atoms with Crippen molar-refractivity contribution in [2.45, 2.75) is 13.3 Å². The highest BCUT2D eigenvalue weighted by Gasteiger charge is 1.99. The zero-order valence-corrected chi connectivity index (χ0v) is 8.82. The van der Waals surface area contributed by atoms with Crippen LogP contribution in [-0.2, 0) is 0 Å². The summed E-state index contributed by atoms with van der Waals surface area (Å²) in [7, 11) is 1.95. The van der Waals surface area contributed by atoms with Crippen molar-refractivity contribution in [3.05, 3.63) is 16.6 Å². The third-order valence-corrected chi connectivity index (χ3v) is 2.63. The molecular weight excluding hydrogens is 182 g/mol. The molecule has 0 fully saturated rings. The third-order valence-electron chi connectivity index (χ3n) is 1.68. The van der Waals surface area contributed by atoms with Gasteiger partial charge in [-0.15, -0.1) is 0 Å². The largest absolute Gasteiger partial charge is 0.375 e. The van der Waals surface area contributed by atoms with Gasteiger partial charge in [0.05, 0.1) is 10.6 Å². The number of aryl methyl sites for hydroxylation is 1. The van der Waals surface area contributed by atoms with Crippen molar-refractivity contribution in [2.75, 3.05) is 19.3 Å². The minimum atomic E-state index is 0.644. The standard InChI is InChI=1S/C9H15N3S/c1-7-8(13-9(10)12-7)5-3-4-6-11-2/h3,5,11H,4,6H2,1-2H3,(H2,10,12). The Morgan fingerprint density at radius 3 is 2.92 bits per heavy atom. The van der Waals surface area contributed by atoms with Crippen molar-refractivity contribution in [3.8, 4) is 0 Å². The van der Waals surface area contributed by atoms with Gasteiger partial charge in [-0.05, 0) is 33.0 Å². The van der Waals surface area contributed by atoms with Crippen LogP contribution >= 0.6 is 11.3 Å². The van der Waals surface area contributed by atoms with Gasteiger partial charge < -0.3 is 11.1 Å². The van der Waals surface area contributed by atoms with Crippen molar-refractivity contribution in [2.24, 2.45) is 0 Å². The molecule has 0 radical (unpaired) electrons. The smallest absolute Gasteiger partial charge is 0.180 e. The Kier molecular flexibility index (Phi) is 3.92. The van der Waals surface area contributed by atoms with Crippen molar-refractivity contribution in [1.29, 1.82) is 0 Å². The summed E-state index contributed by atoms with van der Waals surface area (Å²) in [6.07, 6.45) is 5.25. The minimum absolute atomic E-state index is 0.644. The van der Waals surface area contributed by atoms with Gasteiger partial charge in [0, 0.05) is 0 Å². The normalized spacial score (nSPS) is 11.2. The first-order valence-electron chi connectivity index (χ1n) is 4.28. The van der Waals surface area contributed by atoms with E-state index >= 15 is 0 Å². The Balaban J connectivity index is 2.53. The molecule has 0 saturated carbocycles. The molecule has 0 atom stereocenters. The van der Waals surface area contributed by atoms with Crippen molar-refractivity contribution in [3.63, 3.8) is 0 Å². The predicted molar refractivity (Wildman–Crippen MR) is 58.8 cm³/mol. The van der Waals surface area contributed by atoms with Crippen LogP contribution in [0.2, 0.25) is 0 Å². The van der Waals surface area contributed by atoms with E-state index in [4.69, 9.17) is 5.73 Å². The fourth-order valence-electron chi connectivity index (χ4n) is 1.00. The van der Waals surface area contributed by atoms with Crippen molar-refractivity contribution in [1.82, 2.24) is 10.3 Å². The van der Waals surface area contributed by atoms with E-state index in [1.807, 2.05) is 14.0 Å². The summed E-state index contributed by atoms with van der Waals surface area (Å²) in [5.74, 6) is 0. The molecule has 0 aliphatic rings. The van der Waals surface area contributed by atoms with Gasteiger partial charge in [-0.2, -0.15) is 0 Å². The predicted octanol–water partition coefficient (Wildman–Crippen LogP) is 1.66. The summed E-state index contributed by atoms with van der Waals surface area (Å²) in [6, 6.07) is 0. The Morgan fingerprint density at radius 1 is 1.62 bits per heavy atom. The molecule has 0 spiro atoms. The molecule has 0 aromatic carbocycles. The van der Waals surface area contributed by atoms with Gasteiger partial charge in [0.1, 0.15) is 0 Å². The Labute approximate surface area is 82.7 Å². The van der Waals surface area contributed by atoms with Gasteiger partial charge in [0.15, 0.2) is 5.13 Å². The highest BCUT2D eigenvalue weighted by molar-refractivity contribution is 7.16. The molecule has 13 heavy (non-hydrogen) atoms. The maximum absolute atomic E-state index is 5.57. The Bertz CT molecular complexity index is 291. The lowest BCUT2D eigenvalue weighted by Gasteiger charge is -1.90. The maximum atomic E-state index is 5.57. The van der Waals surface area contributed by atoms with Crippen LogP contribution < -0.4 is 11.1 Å². The number of nitrogens with zero attached hydrogens (tertiary/aromatic N) is 1. The zero-order chi connectivity index (χ0) is 9.68. The number of rotatable bonds is 4. The van der Waals surface area contributed by atoms with E-state index in [-0.39, 0.29) is 0 Å². The van der Waals surface area contributed by atoms with E-state index in [0.29, 0.717) is 5.13 Å². The van der Waals surface area contributed by atoms with Crippen LogP contribution in [0.25, 0.3) is 6.08 Å². The van der Waals surface area contributed by atoms with Crippen LogP contribution in [0.4, 0.5) is 5.13 Å². The first-order valence-corrected chi connectivity index (χ1v) is 5.09. The number of nitrogens with one attached hydrogen (secondary N) is 1. The SMILES string of the molecule is CNCCC=Cc1sc(N)nc1C. The highest BCUT2D eigenvalue weighted by atomic mass is 32.1. The molecular formula is C9H15N3S. The molecule has 1 aromatic rings. The van der Waals surface area contributed by atoms with E-state index in [1.165, 1.54) is 11.3 Å². The molecule has 0 saturated heterocycles. The Hall–Kier alpha value is -0.870. The van der Waals surface area contributed by atoms with Gasteiger partial charge in [-0.1, -0.05) is 17.4 Å². The topological polar surface area (TPSA) is 50.9 Å². The number of aromatic nitrogens is 1. The maximum Gasteiger partial charge on any atom is 0.180 e. The van der Waals surface area contributed by atoms with Crippen LogP contribution in [0.3, 0.4) is 0 Å². The monoisotopic (exact) mass is 197 g/mol. The van der Waals surface area contributed by atoms with Crippen LogP contribution in [0.15, 0.2) is 6.08 Å². The molecule has 0 bridgehead atoms. The van der Waals surface area contributed by atoms with Gasteiger partial charge >= 0.3 is 0 Å². The first-order chi connectivity index (χ1) is 6.24. The summed E-state index contributed by atoms with van der Waals surface area (Å²) in [5.41, 5.74) is 6.59. The summed E-state index contributed by atoms with van der Waals surface area (Å²) in [4.78, 5) is 5.30. The van der Waals surface area contributed by atoms with Crippen LogP contribution in [0.5, 0.6) is 0 Å². The average Bonchev–Trinajstić information content (AvgIpc) is 2.39. The van der Waals surface area contributed by atoms with Crippen LogP contribution in [-0.4, -0.2) is 18.6 Å². The number of hydrogen-bond donors (Lipinski definition) is 2. The van der Waals surface area contributed by atoms with Crippen molar-refractivity contribution < 1.29 is 0 Å². The molecule has 3 nitrogen and oxygen atoms in total. The molecule has 1 heterocycles. The van der Waals surface area contributed by atoms with Gasteiger partial charge in [0.2, 0.25) is 0 Å². The van der Waals surface area contributed by atoms with Crippen LogP contribution in [0.1, 0.15) is 17.0 Å². The lowest BCUT2D eigenvalue weighted by Crippen LogP contribution is -2.05. The lowest BCUT2D eigenvalue weighted by molar-refractivity contribution is 0.809. The fraction of sp³-hybridized carbons (Fsp3) is 0.444. The number of hydrogen-bond acceptors (Lipinski definition) is 4. The second-order valence-corrected chi connectivity index (χ2v) is 3.86. The molecule has 0 unspecified atom stereocenters. The molecule has 0 aliphatic carbocycles. The quantitative estimate of drug-likeness (QED) is 0.722. The zero-order valence-electron chi connectivity index (χ0n) is 8.00. The molecule has 0 amide bonds. The van der Waals surface area contributed by atoms with Gasteiger partial charge in [-0.25, -0.2) is 4.98 Å².